The minimum absolute atomic E-state index is 0.166. The van der Waals surface area contributed by atoms with E-state index in [9.17, 15) is 9.59 Å². The number of nitrogens with one attached hydrogen (secondary N) is 1. The Balaban J connectivity index is 2.70. The van der Waals surface area contributed by atoms with Crippen molar-refractivity contribution in [1.29, 1.82) is 5.26 Å². The second-order valence-corrected chi connectivity index (χ2v) is 3.92. The van der Waals surface area contributed by atoms with Crippen LogP contribution in [-0.2, 0) is 16.1 Å². The highest BCUT2D eigenvalue weighted by atomic mass is 16.3. The Labute approximate surface area is 116 Å². The zero-order valence-corrected chi connectivity index (χ0v) is 11.1. The van der Waals surface area contributed by atoms with Crippen molar-refractivity contribution in [3.05, 3.63) is 35.9 Å². The molecule has 0 fully saturated rings. The first-order chi connectivity index (χ1) is 9.58. The average Bonchev–Trinajstić information content (AvgIpc) is 2.93. The Hall–Kier alpha value is -2.59. The summed E-state index contributed by atoms with van der Waals surface area (Å²) in [5.41, 5.74) is 5.20. The van der Waals surface area contributed by atoms with Gasteiger partial charge in [0.05, 0.1) is 12.8 Å². The van der Waals surface area contributed by atoms with Gasteiger partial charge in [0.1, 0.15) is 17.4 Å². The van der Waals surface area contributed by atoms with Gasteiger partial charge in [0.15, 0.2) is 0 Å². The molecule has 0 saturated carbocycles. The van der Waals surface area contributed by atoms with Crippen molar-refractivity contribution >= 4 is 11.8 Å². The van der Waals surface area contributed by atoms with Gasteiger partial charge in [-0.2, -0.15) is 5.26 Å². The standard InChI is InChI=1S/C13H16N4O3/c1-10(18)17(5-4-14)9-11(7-15)13(19)16-8-12-3-2-6-20-12/h2-3,6,9H,4-5,8,14H2,1H3,(H,16,19)/b11-9-. The summed E-state index contributed by atoms with van der Waals surface area (Å²) in [6.07, 6.45) is 2.69. The molecule has 0 unspecified atom stereocenters. The fourth-order valence-electron chi connectivity index (χ4n) is 1.42. The third kappa shape index (κ3) is 4.59. The van der Waals surface area contributed by atoms with Crippen molar-refractivity contribution in [2.75, 3.05) is 13.1 Å². The van der Waals surface area contributed by atoms with Gasteiger partial charge >= 0.3 is 0 Å². The zero-order valence-electron chi connectivity index (χ0n) is 11.1. The summed E-state index contributed by atoms with van der Waals surface area (Å²) in [5.74, 6) is -0.296. The first-order valence-electron chi connectivity index (χ1n) is 5.98. The molecule has 0 aliphatic rings. The molecule has 3 N–H and O–H groups in total. The van der Waals surface area contributed by atoms with Gasteiger partial charge in [-0.1, -0.05) is 0 Å². The van der Waals surface area contributed by atoms with Crippen LogP contribution in [0.15, 0.2) is 34.6 Å². The lowest BCUT2D eigenvalue weighted by Crippen LogP contribution is -2.31. The third-order valence-corrected chi connectivity index (χ3v) is 2.43. The predicted molar refractivity (Wildman–Crippen MR) is 70.7 cm³/mol. The number of hydrogen-bond acceptors (Lipinski definition) is 5. The van der Waals surface area contributed by atoms with Gasteiger partial charge in [-0.05, 0) is 12.1 Å². The lowest BCUT2D eigenvalue weighted by molar-refractivity contribution is -0.126. The minimum atomic E-state index is -0.577. The predicted octanol–water partition coefficient (Wildman–Crippen LogP) is 0.110. The maximum Gasteiger partial charge on any atom is 0.263 e. The lowest BCUT2D eigenvalue weighted by atomic mass is 10.2. The van der Waals surface area contributed by atoms with E-state index >= 15 is 0 Å². The van der Waals surface area contributed by atoms with Crippen molar-refractivity contribution in [3.63, 3.8) is 0 Å². The maximum atomic E-state index is 11.8. The number of nitrogens with two attached hydrogens (primary N) is 1. The molecule has 0 saturated heterocycles. The largest absolute Gasteiger partial charge is 0.467 e. The van der Waals surface area contributed by atoms with Crippen LogP contribution >= 0.6 is 0 Å². The number of furan rings is 1. The van der Waals surface area contributed by atoms with Crippen molar-refractivity contribution in [3.8, 4) is 6.07 Å². The fourth-order valence-corrected chi connectivity index (χ4v) is 1.42. The van der Waals surface area contributed by atoms with Crippen LogP contribution in [0.25, 0.3) is 0 Å². The Bertz CT molecular complexity index is 528. The Morgan fingerprint density at radius 3 is 2.85 bits per heavy atom. The van der Waals surface area contributed by atoms with Crippen LogP contribution in [-0.4, -0.2) is 29.8 Å². The highest BCUT2D eigenvalue weighted by Crippen LogP contribution is 2.02. The zero-order chi connectivity index (χ0) is 15.0. The van der Waals surface area contributed by atoms with Crippen molar-refractivity contribution < 1.29 is 14.0 Å². The first-order valence-corrected chi connectivity index (χ1v) is 5.98. The molecule has 1 heterocycles. The number of carbonyl (C=O) groups is 2. The van der Waals surface area contributed by atoms with Crippen LogP contribution in [0.4, 0.5) is 0 Å². The monoisotopic (exact) mass is 276 g/mol. The van der Waals surface area contributed by atoms with Gasteiger partial charge < -0.3 is 20.4 Å². The molecule has 20 heavy (non-hydrogen) atoms. The molecule has 1 rings (SSSR count). The highest BCUT2D eigenvalue weighted by Gasteiger charge is 2.13. The first kappa shape index (κ1) is 15.5. The van der Waals surface area contributed by atoms with E-state index in [1.807, 2.05) is 0 Å². The molecule has 0 spiro atoms. The van der Waals surface area contributed by atoms with E-state index in [-0.39, 0.29) is 31.1 Å². The van der Waals surface area contributed by atoms with E-state index in [0.717, 1.165) is 0 Å². The number of nitriles is 1. The van der Waals surface area contributed by atoms with Crippen molar-refractivity contribution in [1.82, 2.24) is 10.2 Å². The van der Waals surface area contributed by atoms with Crippen LogP contribution in [0.3, 0.4) is 0 Å². The summed E-state index contributed by atoms with van der Waals surface area (Å²) in [7, 11) is 0. The Morgan fingerprint density at radius 2 is 2.35 bits per heavy atom. The van der Waals surface area contributed by atoms with Crippen LogP contribution in [0.1, 0.15) is 12.7 Å². The van der Waals surface area contributed by atoms with Gasteiger partial charge in [-0.15, -0.1) is 0 Å². The molecular weight excluding hydrogens is 260 g/mol. The third-order valence-electron chi connectivity index (χ3n) is 2.43. The molecular formula is C13H16N4O3. The van der Waals surface area contributed by atoms with E-state index in [1.54, 1.807) is 18.2 Å². The summed E-state index contributed by atoms with van der Waals surface area (Å²) in [6.45, 7) is 1.98. The van der Waals surface area contributed by atoms with E-state index in [4.69, 9.17) is 15.4 Å². The molecule has 7 heteroatoms. The molecule has 2 amide bonds. The second kappa shape index (κ2) is 7.76. The van der Waals surface area contributed by atoms with E-state index in [1.165, 1.54) is 24.3 Å². The number of rotatable bonds is 6. The molecule has 0 atom stereocenters. The SMILES string of the molecule is CC(=O)N(/C=C(/C#N)C(=O)NCc1ccco1)CCN. The fraction of sp³-hybridized carbons (Fsp3) is 0.308. The van der Waals surface area contributed by atoms with Crippen LogP contribution < -0.4 is 11.1 Å². The van der Waals surface area contributed by atoms with E-state index in [0.29, 0.717) is 5.76 Å². The molecule has 1 aromatic heterocycles. The minimum Gasteiger partial charge on any atom is -0.467 e. The maximum absolute atomic E-state index is 11.8. The van der Waals surface area contributed by atoms with E-state index < -0.39 is 5.91 Å². The molecule has 0 aliphatic heterocycles. The summed E-state index contributed by atoms with van der Waals surface area (Å²) >= 11 is 0. The summed E-state index contributed by atoms with van der Waals surface area (Å²) < 4.78 is 5.06. The Morgan fingerprint density at radius 1 is 1.60 bits per heavy atom. The van der Waals surface area contributed by atoms with Crippen LogP contribution in [0.5, 0.6) is 0 Å². The quantitative estimate of drug-likeness (QED) is 0.565. The molecule has 0 radical (unpaired) electrons. The van der Waals surface area contributed by atoms with Crippen molar-refractivity contribution in [2.24, 2.45) is 5.73 Å². The Kier molecular flexibility index (Phi) is 6.00. The normalized spacial score (nSPS) is 10.8. The van der Waals surface area contributed by atoms with Crippen LogP contribution in [0, 0.1) is 11.3 Å². The van der Waals surface area contributed by atoms with Gasteiger partial charge in [0, 0.05) is 26.2 Å². The molecule has 106 valence electrons. The van der Waals surface area contributed by atoms with Crippen molar-refractivity contribution in [2.45, 2.75) is 13.5 Å². The smallest absolute Gasteiger partial charge is 0.263 e. The topological polar surface area (TPSA) is 112 Å². The number of amides is 2. The highest BCUT2D eigenvalue weighted by molar-refractivity contribution is 5.97. The van der Waals surface area contributed by atoms with Gasteiger partial charge in [-0.3, -0.25) is 9.59 Å². The molecule has 0 aromatic carbocycles. The summed E-state index contributed by atoms with van der Waals surface area (Å²) in [6, 6.07) is 5.16. The summed E-state index contributed by atoms with van der Waals surface area (Å²) in [4.78, 5) is 24.4. The van der Waals surface area contributed by atoms with E-state index in [2.05, 4.69) is 5.32 Å². The lowest BCUT2D eigenvalue weighted by Gasteiger charge is -2.15. The van der Waals surface area contributed by atoms with Gasteiger partial charge in [-0.25, -0.2) is 0 Å². The van der Waals surface area contributed by atoms with Gasteiger partial charge in [0.2, 0.25) is 5.91 Å². The summed E-state index contributed by atoms with van der Waals surface area (Å²) in [5, 5.41) is 11.5. The molecule has 7 nitrogen and oxygen atoms in total. The second-order valence-electron chi connectivity index (χ2n) is 3.92. The molecule has 0 bridgehead atoms. The number of hydrogen-bond donors (Lipinski definition) is 2. The molecule has 1 aromatic rings. The average molecular weight is 276 g/mol. The number of carbonyl (C=O) groups excluding carboxylic acids is 2. The molecule has 0 aliphatic carbocycles. The van der Waals surface area contributed by atoms with Gasteiger partial charge in [0.25, 0.3) is 5.91 Å². The van der Waals surface area contributed by atoms with Crippen LogP contribution in [0.2, 0.25) is 0 Å². The number of nitrogens with zero attached hydrogens (tertiary/aromatic N) is 2.